The predicted molar refractivity (Wildman–Crippen MR) is 72.4 cm³/mol. The second-order valence-corrected chi connectivity index (χ2v) is 4.18. The van der Waals surface area contributed by atoms with Crippen LogP contribution in [-0.2, 0) is 0 Å². The van der Waals surface area contributed by atoms with Gasteiger partial charge >= 0.3 is 0 Å². The molecular formula is C14H21FN2O. The maximum absolute atomic E-state index is 13.7. The van der Waals surface area contributed by atoms with Gasteiger partial charge in [-0.3, -0.25) is 4.79 Å². The highest BCUT2D eigenvalue weighted by Gasteiger charge is 2.16. The van der Waals surface area contributed by atoms with Crippen molar-refractivity contribution in [3.8, 4) is 0 Å². The number of hydrogen-bond acceptors (Lipinski definition) is 2. The molecule has 100 valence electrons. The lowest BCUT2D eigenvalue weighted by Gasteiger charge is -2.17. The van der Waals surface area contributed by atoms with Crippen LogP contribution in [0.25, 0.3) is 0 Å². The maximum atomic E-state index is 13.7. The third kappa shape index (κ3) is 3.45. The van der Waals surface area contributed by atoms with Gasteiger partial charge in [-0.25, -0.2) is 4.39 Å². The molecule has 0 saturated heterocycles. The summed E-state index contributed by atoms with van der Waals surface area (Å²) in [4.78, 5) is 12.1. The lowest BCUT2D eigenvalue weighted by Crippen LogP contribution is -2.34. The highest BCUT2D eigenvalue weighted by molar-refractivity contribution is 5.99. The predicted octanol–water partition coefficient (Wildman–Crippen LogP) is 3.18. The van der Waals surface area contributed by atoms with Crippen LogP contribution in [-0.4, -0.2) is 18.5 Å². The summed E-state index contributed by atoms with van der Waals surface area (Å²) in [7, 11) is 0. The number of hydrogen-bond donors (Lipinski definition) is 2. The number of amides is 1. The minimum atomic E-state index is -0.394. The van der Waals surface area contributed by atoms with Crippen molar-refractivity contribution >= 4 is 11.6 Å². The molecule has 0 bridgehead atoms. The van der Waals surface area contributed by atoms with E-state index in [4.69, 9.17) is 0 Å². The zero-order valence-electron chi connectivity index (χ0n) is 11.2. The average molecular weight is 252 g/mol. The second-order valence-electron chi connectivity index (χ2n) is 4.18. The van der Waals surface area contributed by atoms with Crippen molar-refractivity contribution in [1.29, 1.82) is 0 Å². The largest absolute Gasteiger partial charge is 0.382 e. The van der Waals surface area contributed by atoms with Crippen LogP contribution in [0, 0.1) is 5.82 Å². The van der Waals surface area contributed by atoms with Gasteiger partial charge in [0.1, 0.15) is 5.82 Å². The summed E-state index contributed by atoms with van der Waals surface area (Å²) < 4.78 is 13.7. The van der Waals surface area contributed by atoms with Crippen LogP contribution in [0.5, 0.6) is 0 Å². The first-order valence-electron chi connectivity index (χ1n) is 6.47. The molecule has 0 atom stereocenters. The van der Waals surface area contributed by atoms with E-state index in [2.05, 4.69) is 10.6 Å². The van der Waals surface area contributed by atoms with Crippen LogP contribution in [0.4, 0.5) is 10.1 Å². The van der Waals surface area contributed by atoms with Crippen LogP contribution in [0.3, 0.4) is 0 Å². The Hall–Kier alpha value is -1.58. The summed E-state index contributed by atoms with van der Waals surface area (Å²) in [6.45, 7) is 6.48. The van der Waals surface area contributed by atoms with Gasteiger partial charge in [-0.2, -0.15) is 0 Å². The first-order valence-corrected chi connectivity index (χ1v) is 6.47. The Morgan fingerprint density at radius 2 is 1.94 bits per heavy atom. The topological polar surface area (TPSA) is 41.1 Å². The van der Waals surface area contributed by atoms with Crippen molar-refractivity contribution in [1.82, 2.24) is 5.32 Å². The molecule has 0 aliphatic heterocycles. The van der Waals surface area contributed by atoms with E-state index in [0.29, 0.717) is 12.1 Å². The van der Waals surface area contributed by atoms with Gasteiger partial charge in [0.05, 0.1) is 11.3 Å². The smallest absolute Gasteiger partial charge is 0.253 e. The molecule has 3 nitrogen and oxygen atoms in total. The lowest BCUT2D eigenvalue weighted by atomic mass is 10.1. The van der Waals surface area contributed by atoms with E-state index in [1.165, 1.54) is 6.07 Å². The number of benzene rings is 1. The molecule has 0 spiro atoms. The molecule has 0 aromatic heterocycles. The minimum absolute atomic E-state index is 0.134. The average Bonchev–Trinajstić information content (AvgIpc) is 2.38. The molecule has 0 fully saturated rings. The van der Waals surface area contributed by atoms with Crippen LogP contribution in [0.15, 0.2) is 18.2 Å². The third-order valence-electron chi connectivity index (χ3n) is 2.93. The fourth-order valence-electron chi connectivity index (χ4n) is 1.83. The van der Waals surface area contributed by atoms with E-state index < -0.39 is 5.82 Å². The van der Waals surface area contributed by atoms with Gasteiger partial charge < -0.3 is 10.6 Å². The molecule has 1 amide bonds. The number of carbonyl (C=O) groups excluding carboxylic acids is 1. The van der Waals surface area contributed by atoms with Crippen molar-refractivity contribution in [2.75, 3.05) is 11.9 Å². The fraction of sp³-hybridized carbons (Fsp3) is 0.500. The van der Waals surface area contributed by atoms with Crippen LogP contribution < -0.4 is 10.6 Å². The summed E-state index contributed by atoms with van der Waals surface area (Å²) in [5.41, 5.74) is 0.646. The number of rotatable bonds is 6. The Bertz CT molecular complexity index is 403. The Morgan fingerprint density at radius 1 is 1.28 bits per heavy atom. The Labute approximate surface area is 108 Å². The van der Waals surface area contributed by atoms with Crippen LogP contribution >= 0.6 is 0 Å². The molecule has 0 radical (unpaired) electrons. The van der Waals surface area contributed by atoms with Crippen molar-refractivity contribution in [2.45, 2.75) is 39.7 Å². The molecule has 1 aromatic rings. The maximum Gasteiger partial charge on any atom is 0.253 e. The first kappa shape index (κ1) is 14.5. The van der Waals surface area contributed by atoms with Gasteiger partial charge in [-0.1, -0.05) is 19.9 Å². The van der Waals surface area contributed by atoms with E-state index in [-0.39, 0.29) is 17.6 Å². The number of halogens is 1. The van der Waals surface area contributed by atoms with E-state index in [9.17, 15) is 9.18 Å². The minimum Gasteiger partial charge on any atom is -0.382 e. The van der Waals surface area contributed by atoms with E-state index in [1.54, 1.807) is 12.1 Å². The summed E-state index contributed by atoms with van der Waals surface area (Å²) in [5.74, 6) is -0.617. The fourth-order valence-corrected chi connectivity index (χ4v) is 1.83. The molecular weight excluding hydrogens is 231 g/mol. The molecule has 18 heavy (non-hydrogen) atoms. The van der Waals surface area contributed by atoms with Gasteiger partial charge in [0.25, 0.3) is 5.91 Å². The molecule has 0 saturated carbocycles. The van der Waals surface area contributed by atoms with Crippen molar-refractivity contribution < 1.29 is 9.18 Å². The van der Waals surface area contributed by atoms with Gasteiger partial charge in [-0.05, 0) is 31.9 Å². The zero-order valence-corrected chi connectivity index (χ0v) is 11.2. The highest BCUT2D eigenvalue weighted by atomic mass is 19.1. The summed E-state index contributed by atoms with van der Waals surface area (Å²) in [6, 6.07) is 4.68. The van der Waals surface area contributed by atoms with Crippen molar-refractivity contribution in [3.05, 3.63) is 29.6 Å². The third-order valence-corrected chi connectivity index (χ3v) is 2.93. The van der Waals surface area contributed by atoms with Gasteiger partial charge in [0, 0.05) is 12.6 Å². The van der Waals surface area contributed by atoms with E-state index >= 15 is 0 Å². The second kappa shape index (κ2) is 6.99. The molecule has 0 heterocycles. The number of anilines is 1. The normalized spacial score (nSPS) is 10.5. The van der Waals surface area contributed by atoms with E-state index in [0.717, 1.165) is 12.8 Å². The molecule has 0 aliphatic rings. The monoisotopic (exact) mass is 252 g/mol. The lowest BCUT2D eigenvalue weighted by molar-refractivity contribution is 0.0935. The highest BCUT2D eigenvalue weighted by Crippen LogP contribution is 2.20. The Balaban J connectivity index is 2.94. The molecule has 0 aliphatic carbocycles. The zero-order chi connectivity index (χ0) is 13.5. The summed E-state index contributed by atoms with van der Waals surface area (Å²) in [5, 5.41) is 5.81. The van der Waals surface area contributed by atoms with Crippen LogP contribution in [0.1, 0.15) is 44.0 Å². The molecule has 1 aromatic carbocycles. The van der Waals surface area contributed by atoms with Gasteiger partial charge in [-0.15, -0.1) is 0 Å². The number of carbonyl (C=O) groups is 1. The Kier molecular flexibility index (Phi) is 5.62. The van der Waals surface area contributed by atoms with Crippen molar-refractivity contribution in [2.24, 2.45) is 0 Å². The summed E-state index contributed by atoms with van der Waals surface area (Å²) >= 11 is 0. The quantitative estimate of drug-likeness (QED) is 0.816. The molecule has 1 rings (SSSR count). The molecule has 2 N–H and O–H groups in total. The Morgan fingerprint density at radius 3 is 2.50 bits per heavy atom. The summed E-state index contributed by atoms with van der Waals surface area (Å²) in [6.07, 6.45) is 1.74. The standard InChI is InChI=1S/C14H21FN2O/c1-4-10(5-2)17-14(18)11-8-7-9-12(15)13(11)16-6-3/h7-10,16H,4-6H2,1-3H3,(H,17,18). The first-order chi connectivity index (χ1) is 8.63. The molecule has 4 heteroatoms. The van der Waals surface area contributed by atoms with Crippen molar-refractivity contribution in [3.63, 3.8) is 0 Å². The number of nitrogens with one attached hydrogen (secondary N) is 2. The van der Waals surface area contributed by atoms with Gasteiger partial charge in [0.2, 0.25) is 0 Å². The van der Waals surface area contributed by atoms with Crippen LogP contribution in [0.2, 0.25) is 0 Å². The van der Waals surface area contributed by atoms with Gasteiger partial charge in [0.15, 0.2) is 0 Å². The number of para-hydroxylation sites is 1. The SMILES string of the molecule is CCNc1c(F)cccc1C(=O)NC(CC)CC. The molecule has 0 unspecified atom stereocenters. The van der Waals surface area contributed by atoms with E-state index in [1.807, 2.05) is 20.8 Å².